The maximum absolute atomic E-state index is 6.33. The average molecular weight is 299 g/mol. The average Bonchev–Trinajstić information content (AvgIpc) is 2.27. The molecule has 19 heavy (non-hydrogen) atoms. The molecule has 0 aliphatic carbocycles. The molecule has 0 aliphatic heterocycles. The molecule has 0 aromatic heterocycles. The second-order valence-corrected chi connectivity index (χ2v) is 11.1. The quantitative estimate of drug-likeness (QED) is 0.370. The zero-order chi connectivity index (χ0) is 14.9. The van der Waals surface area contributed by atoms with E-state index in [0.717, 1.165) is 12.8 Å². The highest BCUT2D eigenvalue weighted by atomic mass is 35.5. The molecule has 0 unspecified atom stereocenters. The van der Waals surface area contributed by atoms with E-state index in [0.29, 0.717) is 0 Å². The lowest BCUT2D eigenvalue weighted by atomic mass is 10.2. The van der Waals surface area contributed by atoms with E-state index in [2.05, 4.69) is 64.8 Å². The van der Waals surface area contributed by atoms with Gasteiger partial charge in [0, 0.05) is 12.0 Å². The predicted molar refractivity (Wildman–Crippen MR) is 88.9 cm³/mol. The van der Waals surface area contributed by atoms with Gasteiger partial charge in [-0.1, -0.05) is 63.3 Å². The molecule has 0 spiro atoms. The Morgan fingerprint density at radius 3 is 2.37 bits per heavy atom. The van der Waals surface area contributed by atoms with Crippen LogP contribution in [0.1, 0.15) is 40.5 Å². The summed E-state index contributed by atoms with van der Waals surface area (Å²) in [5.41, 5.74) is 1.43. The summed E-state index contributed by atoms with van der Waals surface area (Å²) in [6, 6.07) is 0. The summed E-state index contributed by atoms with van der Waals surface area (Å²) in [4.78, 5) is 0. The molecule has 0 amide bonds. The van der Waals surface area contributed by atoms with Gasteiger partial charge in [-0.2, -0.15) is 0 Å². The van der Waals surface area contributed by atoms with Gasteiger partial charge in [0.15, 0.2) is 8.32 Å². The maximum atomic E-state index is 6.33. The van der Waals surface area contributed by atoms with E-state index < -0.39 is 8.32 Å². The van der Waals surface area contributed by atoms with Crippen LogP contribution in [0.5, 0.6) is 0 Å². The Labute approximate surface area is 125 Å². The first-order valence-electron chi connectivity index (χ1n) is 6.83. The molecule has 0 aliphatic rings. The minimum Gasteiger partial charge on any atom is -0.403 e. The van der Waals surface area contributed by atoms with Crippen LogP contribution in [0.3, 0.4) is 0 Å². The van der Waals surface area contributed by atoms with Gasteiger partial charge in [0.1, 0.15) is 6.10 Å². The second-order valence-electron chi connectivity index (χ2n) is 6.06. The van der Waals surface area contributed by atoms with Crippen molar-refractivity contribution in [3.63, 3.8) is 0 Å². The number of hydrogen-bond acceptors (Lipinski definition) is 1. The third-order valence-corrected chi connectivity index (χ3v) is 8.00. The monoisotopic (exact) mass is 298 g/mol. The first-order chi connectivity index (χ1) is 8.74. The Morgan fingerprint density at radius 2 is 1.89 bits per heavy atom. The van der Waals surface area contributed by atoms with Crippen LogP contribution in [0.25, 0.3) is 0 Å². The van der Waals surface area contributed by atoms with Crippen molar-refractivity contribution < 1.29 is 4.43 Å². The molecule has 0 saturated carbocycles. The van der Waals surface area contributed by atoms with Gasteiger partial charge in [-0.05, 0) is 30.6 Å². The van der Waals surface area contributed by atoms with Gasteiger partial charge in [0.05, 0.1) is 0 Å². The summed E-state index contributed by atoms with van der Waals surface area (Å²) < 4.78 is 6.33. The van der Waals surface area contributed by atoms with E-state index in [4.69, 9.17) is 16.0 Å². The number of halogens is 1. The van der Waals surface area contributed by atoms with Gasteiger partial charge in [0.2, 0.25) is 0 Å². The van der Waals surface area contributed by atoms with Crippen LogP contribution in [0.15, 0.2) is 23.8 Å². The van der Waals surface area contributed by atoms with Crippen molar-refractivity contribution in [3.8, 4) is 11.8 Å². The number of rotatable bonds is 5. The highest BCUT2D eigenvalue weighted by molar-refractivity contribution is 6.74. The van der Waals surface area contributed by atoms with Crippen LogP contribution in [0, 0.1) is 11.8 Å². The highest BCUT2D eigenvalue weighted by Crippen LogP contribution is 2.37. The van der Waals surface area contributed by atoms with E-state index in [-0.39, 0.29) is 11.1 Å². The Kier molecular flexibility index (Phi) is 8.41. The van der Waals surface area contributed by atoms with Crippen LogP contribution in [-0.2, 0) is 4.43 Å². The molecule has 3 heteroatoms. The van der Waals surface area contributed by atoms with Crippen molar-refractivity contribution >= 4 is 19.9 Å². The topological polar surface area (TPSA) is 9.23 Å². The van der Waals surface area contributed by atoms with Crippen LogP contribution in [-0.4, -0.2) is 14.4 Å². The number of hydrogen-bond donors (Lipinski definition) is 0. The Morgan fingerprint density at radius 1 is 1.26 bits per heavy atom. The summed E-state index contributed by atoms with van der Waals surface area (Å²) in [5.74, 6) is 6.08. The number of allylic oxidation sites excluding steroid dienone is 2. The van der Waals surface area contributed by atoms with Crippen LogP contribution in [0.4, 0.5) is 0 Å². The fourth-order valence-corrected chi connectivity index (χ4v) is 2.51. The zero-order valence-corrected chi connectivity index (χ0v) is 14.8. The third kappa shape index (κ3) is 7.62. The molecule has 1 atom stereocenters. The van der Waals surface area contributed by atoms with Gasteiger partial charge in [-0.3, -0.25) is 0 Å². The predicted octanol–water partition coefficient (Wildman–Crippen LogP) is 5.49. The molecule has 0 N–H and O–H groups in total. The lowest BCUT2D eigenvalue weighted by Gasteiger charge is -2.37. The molecule has 0 saturated heterocycles. The van der Waals surface area contributed by atoms with E-state index in [1.165, 1.54) is 5.54 Å². The maximum Gasteiger partial charge on any atom is 0.193 e. The zero-order valence-electron chi connectivity index (χ0n) is 13.1. The van der Waals surface area contributed by atoms with Crippen LogP contribution in [0.2, 0.25) is 18.1 Å². The molecule has 108 valence electrons. The summed E-state index contributed by atoms with van der Waals surface area (Å²) in [7, 11) is -1.78. The minimum absolute atomic E-state index is 0.0449. The van der Waals surface area contributed by atoms with Crippen molar-refractivity contribution in [2.45, 2.75) is 64.8 Å². The summed E-state index contributed by atoms with van der Waals surface area (Å²) in [6.45, 7) is 13.4. The first-order valence-corrected chi connectivity index (χ1v) is 10.2. The fourth-order valence-electron chi connectivity index (χ4n) is 1.23. The van der Waals surface area contributed by atoms with Gasteiger partial charge >= 0.3 is 0 Å². The fraction of sp³-hybridized carbons (Fsp3) is 0.625. The molecule has 0 radical (unpaired) electrons. The van der Waals surface area contributed by atoms with Crippen molar-refractivity contribution in [2.24, 2.45) is 0 Å². The van der Waals surface area contributed by atoms with Crippen LogP contribution < -0.4 is 0 Å². The summed E-state index contributed by atoms with van der Waals surface area (Å²) in [6.07, 6.45) is 7.78. The lowest BCUT2D eigenvalue weighted by Crippen LogP contribution is -2.43. The van der Waals surface area contributed by atoms with E-state index >= 15 is 0 Å². The third-order valence-electron chi connectivity index (χ3n) is 3.39. The first kappa shape index (κ1) is 18.5. The van der Waals surface area contributed by atoms with Crippen molar-refractivity contribution in [2.75, 3.05) is 0 Å². The lowest BCUT2D eigenvalue weighted by molar-refractivity contribution is 0.236. The van der Waals surface area contributed by atoms with Gasteiger partial charge < -0.3 is 4.43 Å². The molecule has 0 rings (SSSR count). The van der Waals surface area contributed by atoms with Crippen LogP contribution >= 0.6 is 11.6 Å². The molecular formula is C16H27ClOSi. The van der Waals surface area contributed by atoms with Gasteiger partial charge in [-0.15, -0.1) is 0 Å². The molecule has 0 heterocycles. The largest absolute Gasteiger partial charge is 0.403 e. The highest BCUT2D eigenvalue weighted by Gasteiger charge is 2.38. The second kappa shape index (κ2) is 8.63. The minimum atomic E-state index is -1.78. The Hall–Kier alpha value is -0.493. The summed E-state index contributed by atoms with van der Waals surface area (Å²) >= 11 is 5.49. The van der Waals surface area contributed by atoms with Crippen molar-refractivity contribution in [1.82, 2.24) is 0 Å². The SMILES string of the molecule is CC/C=C\C[C@@H](C#C/C=C\Cl)O[Si](C)(C)C(C)(C)C. The van der Waals surface area contributed by atoms with E-state index in [9.17, 15) is 0 Å². The summed E-state index contributed by atoms with van der Waals surface area (Å²) in [5, 5.41) is 0.198. The molecule has 0 aromatic rings. The van der Waals surface area contributed by atoms with Crippen molar-refractivity contribution in [3.05, 3.63) is 23.8 Å². The van der Waals surface area contributed by atoms with Gasteiger partial charge in [-0.25, -0.2) is 0 Å². The smallest absolute Gasteiger partial charge is 0.193 e. The molecule has 0 fully saturated rings. The van der Waals surface area contributed by atoms with E-state index in [1.807, 2.05) is 0 Å². The normalized spacial score (nSPS) is 14.7. The van der Waals surface area contributed by atoms with Gasteiger partial charge in [0.25, 0.3) is 0 Å². The molecule has 1 nitrogen and oxygen atoms in total. The molecule has 0 bridgehead atoms. The standard InChI is InChI=1S/C16H27ClOSi/c1-7-8-9-12-15(13-10-11-14-17)18-19(5,6)16(2,3)4/h8-9,11,14-15H,7,12H2,1-6H3/b9-8-,14-11-/t15-/m0/s1. The molecule has 0 aromatic carbocycles. The Balaban J connectivity index is 4.86. The van der Waals surface area contributed by atoms with E-state index in [1.54, 1.807) is 6.08 Å². The van der Waals surface area contributed by atoms with Crippen molar-refractivity contribution in [1.29, 1.82) is 0 Å². The molecular weight excluding hydrogens is 272 g/mol. The Bertz CT molecular complexity index is 366.